The third-order valence-electron chi connectivity index (χ3n) is 3.23. The maximum Gasteiger partial charge on any atom is 0.132 e. The molecule has 0 atom stereocenters. The largest absolute Gasteiger partial charge is 0.497 e. The molecule has 0 bridgehead atoms. The third kappa shape index (κ3) is 2.69. The van der Waals surface area contributed by atoms with Crippen LogP contribution in [0.4, 0.5) is 5.82 Å². The fourth-order valence-corrected chi connectivity index (χ4v) is 2.22. The summed E-state index contributed by atoms with van der Waals surface area (Å²) in [6, 6.07) is 7.79. The number of nitrogens with two attached hydrogens (primary N) is 1. The fraction of sp³-hybridized carbons (Fsp3) is 0.312. The van der Waals surface area contributed by atoms with Gasteiger partial charge in [0.2, 0.25) is 0 Å². The summed E-state index contributed by atoms with van der Waals surface area (Å²) >= 11 is 0. The predicted octanol–water partition coefficient (Wildman–Crippen LogP) is 3.28. The van der Waals surface area contributed by atoms with Gasteiger partial charge in [0.1, 0.15) is 23.1 Å². The van der Waals surface area contributed by atoms with Gasteiger partial charge in [0.25, 0.3) is 0 Å². The first-order chi connectivity index (χ1) is 9.71. The molecule has 0 fully saturated rings. The molecule has 20 heavy (non-hydrogen) atoms. The van der Waals surface area contributed by atoms with Gasteiger partial charge in [-0.3, -0.25) is 0 Å². The average Bonchev–Trinajstić information content (AvgIpc) is 2.77. The first-order valence-electron chi connectivity index (χ1n) is 6.81. The van der Waals surface area contributed by atoms with Crippen molar-refractivity contribution in [2.75, 3.05) is 12.8 Å². The Morgan fingerprint density at radius 1 is 1.35 bits per heavy atom. The first-order valence-corrected chi connectivity index (χ1v) is 6.81. The first kappa shape index (κ1) is 14.2. The number of nitrogens with zero attached hydrogens (tertiary/aromatic N) is 2. The van der Waals surface area contributed by atoms with Crippen LogP contribution in [0.15, 0.2) is 36.9 Å². The van der Waals surface area contributed by atoms with Crippen molar-refractivity contribution in [3.63, 3.8) is 0 Å². The highest BCUT2D eigenvalue weighted by molar-refractivity contribution is 5.71. The molecule has 4 nitrogen and oxygen atoms in total. The van der Waals surface area contributed by atoms with E-state index in [1.54, 1.807) is 7.11 Å². The summed E-state index contributed by atoms with van der Waals surface area (Å²) < 4.78 is 7.20. The lowest BCUT2D eigenvalue weighted by molar-refractivity contribution is 0.415. The molecule has 2 rings (SSSR count). The van der Waals surface area contributed by atoms with Gasteiger partial charge in [0, 0.05) is 18.5 Å². The highest BCUT2D eigenvalue weighted by Gasteiger charge is 2.14. The van der Waals surface area contributed by atoms with Crippen molar-refractivity contribution >= 4 is 5.82 Å². The van der Waals surface area contributed by atoms with Crippen LogP contribution in [0.3, 0.4) is 0 Å². The zero-order valence-corrected chi connectivity index (χ0v) is 12.1. The van der Waals surface area contributed by atoms with Crippen molar-refractivity contribution in [3.8, 4) is 17.0 Å². The number of aryl methyl sites for hydroxylation is 1. The Morgan fingerprint density at radius 2 is 2.05 bits per heavy atom. The van der Waals surface area contributed by atoms with Crippen LogP contribution in [0.25, 0.3) is 11.3 Å². The number of rotatable bonds is 6. The molecule has 0 aliphatic heterocycles. The molecule has 0 aliphatic rings. The minimum atomic E-state index is 0.685. The van der Waals surface area contributed by atoms with E-state index < -0.39 is 0 Å². The normalized spacial score (nSPS) is 10.5. The molecule has 106 valence electrons. The number of nitrogen functional groups attached to an aromatic ring is 1. The summed E-state index contributed by atoms with van der Waals surface area (Å²) in [5.74, 6) is 2.53. The summed E-state index contributed by atoms with van der Waals surface area (Å²) in [6.45, 7) is 6.60. The number of imidazole rings is 1. The lowest BCUT2D eigenvalue weighted by Gasteiger charge is -2.06. The van der Waals surface area contributed by atoms with Crippen LogP contribution in [0.1, 0.15) is 19.2 Å². The van der Waals surface area contributed by atoms with E-state index in [1.165, 1.54) is 0 Å². The Hall–Kier alpha value is -2.23. The lowest BCUT2D eigenvalue weighted by atomic mass is 10.1. The van der Waals surface area contributed by atoms with Crippen molar-refractivity contribution < 1.29 is 4.74 Å². The van der Waals surface area contributed by atoms with Crippen LogP contribution in [0.2, 0.25) is 0 Å². The number of methoxy groups -OCH3 is 1. The topological polar surface area (TPSA) is 53.1 Å². The molecule has 0 aliphatic carbocycles. The molecule has 2 aromatic rings. The highest BCUT2D eigenvalue weighted by atomic mass is 16.5. The maximum absolute atomic E-state index is 6.24. The fourth-order valence-electron chi connectivity index (χ4n) is 2.22. The molecule has 1 heterocycles. The summed E-state index contributed by atoms with van der Waals surface area (Å²) in [5.41, 5.74) is 8.08. The molecule has 0 amide bonds. The van der Waals surface area contributed by atoms with Crippen LogP contribution in [0.5, 0.6) is 5.75 Å². The second-order valence-corrected chi connectivity index (χ2v) is 4.64. The average molecular weight is 271 g/mol. The Balaban J connectivity index is 2.44. The number of hydrogen-bond donors (Lipinski definition) is 1. The number of allylic oxidation sites excluding steroid dienone is 1. The monoisotopic (exact) mass is 271 g/mol. The zero-order valence-electron chi connectivity index (χ0n) is 12.1. The Morgan fingerprint density at radius 3 is 2.60 bits per heavy atom. The van der Waals surface area contributed by atoms with Gasteiger partial charge in [0.15, 0.2) is 0 Å². The molecule has 0 unspecified atom stereocenters. The van der Waals surface area contributed by atoms with Gasteiger partial charge in [-0.1, -0.05) is 13.0 Å². The van der Waals surface area contributed by atoms with Gasteiger partial charge in [-0.25, -0.2) is 4.98 Å². The molecular weight excluding hydrogens is 250 g/mol. The summed E-state index contributed by atoms with van der Waals surface area (Å²) in [7, 11) is 1.65. The van der Waals surface area contributed by atoms with E-state index in [-0.39, 0.29) is 0 Å². The minimum Gasteiger partial charge on any atom is -0.497 e. The van der Waals surface area contributed by atoms with Crippen molar-refractivity contribution in [3.05, 3.63) is 42.7 Å². The second-order valence-electron chi connectivity index (χ2n) is 4.64. The van der Waals surface area contributed by atoms with Gasteiger partial charge in [-0.2, -0.15) is 0 Å². The van der Waals surface area contributed by atoms with Crippen molar-refractivity contribution in [1.29, 1.82) is 0 Å². The molecular formula is C16H21N3O. The SMILES string of the molecule is C=CCn1c(CCC)nc(-c2ccc(OC)cc2)c1N. The van der Waals surface area contributed by atoms with Gasteiger partial charge < -0.3 is 15.0 Å². The van der Waals surface area contributed by atoms with E-state index in [1.807, 2.05) is 34.9 Å². The number of hydrogen-bond acceptors (Lipinski definition) is 3. The summed E-state index contributed by atoms with van der Waals surface area (Å²) in [4.78, 5) is 4.69. The van der Waals surface area contributed by atoms with Crippen LogP contribution in [-0.4, -0.2) is 16.7 Å². The van der Waals surface area contributed by atoms with E-state index in [9.17, 15) is 0 Å². The molecule has 0 radical (unpaired) electrons. The van der Waals surface area contributed by atoms with Crippen LogP contribution < -0.4 is 10.5 Å². The predicted molar refractivity (Wildman–Crippen MR) is 82.8 cm³/mol. The third-order valence-corrected chi connectivity index (χ3v) is 3.23. The van der Waals surface area contributed by atoms with E-state index in [0.29, 0.717) is 12.4 Å². The Bertz CT molecular complexity index is 585. The van der Waals surface area contributed by atoms with Gasteiger partial charge >= 0.3 is 0 Å². The Labute approximate surface area is 119 Å². The molecule has 2 N–H and O–H groups in total. The van der Waals surface area contributed by atoms with E-state index in [2.05, 4.69) is 13.5 Å². The van der Waals surface area contributed by atoms with Crippen molar-refractivity contribution in [2.45, 2.75) is 26.3 Å². The molecule has 0 saturated heterocycles. The van der Waals surface area contributed by atoms with Crippen LogP contribution >= 0.6 is 0 Å². The molecule has 4 heteroatoms. The summed E-state index contributed by atoms with van der Waals surface area (Å²) in [6.07, 6.45) is 3.79. The smallest absolute Gasteiger partial charge is 0.132 e. The Kier molecular flexibility index (Phi) is 4.45. The number of anilines is 1. The number of aromatic nitrogens is 2. The maximum atomic E-state index is 6.24. The second kappa shape index (κ2) is 6.28. The van der Waals surface area contributed by atoms with E-state index in [4.69, 9.17) is 15.5 Å². The zero-order chi connectivity index (χ0) is 14.5. The number of ether oxygens (including phenoxy) is 1. The standard InChI is InChI=1S/C16H21N3O/c1-4-6-14-18-15(16(17)19(14)11-5-2)12-7-9-13(20-3)10-8-12/h5,7-10H,2,4,6,11,17H2,1,3H3. The van der Waals surface area contributed by atoms with Gasteiger partial charge in [-0.05, 0) is 30.7 Å². The molecule has 0 saturated carbocycles. The van der Waals surface area contributed by atoms with E-state index in [0.717, 1.165) is 35.7 Å². The molecule has 1 aromatic carbocycles. The molecule has 1 aromatic heterocycles. The van der Waals surface area contributed by atoms with Crippen LogP contribution in [-0.2, 0) is 13.0 Å². The van der Waals surface area contributed by atoms with Gasteiger partial charge in [0.05, 0.1) is 7.11 Å². The van der Waals surface area contributed by atoms with Crippen molar-refractivity contribution in [1.82, 2.24) is 9.55 Å². The van der Waals surface area contributed by atoms with Crippen LogP contribution in [0, 0.1) is 0 Å². The summed E-state index contributed by atoms with van der Waals surface area (Å²) in [5, 5.41) is 0. The van der Waals surface area contributed by atoms with Crippen molar-refractivity contribution in [2.24, 2.45) is 0 Å². The number of benzene rings is 1. The highest BCUT2D eigenvalue weighted by Crippen LogP contribution is 2.28. The van der Waals surface area contributed by atoms with Gasteiger partial charge in [-0.15, -0.1) is 6.58 Å². The minimum absolute atomic E-state index is 0.685. The van der Waals surface area contributed by atoms with E-state index >= 15 is 0 Å². The lowest BCUT2D eigenvalue weighted by Crippen LogP contribution is -2.05. The molecule has 0 spiro atoms. The quantitative estimate of drug-likeness (QED) is 0.820.